The molecule has 1 saturated heterocycles. The fourth-order valence-electron chi connectivity index (χ4n) is 3.05. The highest BCUT2D eigenvalue weighted by Crippen LogP contribution is 2.32. The average Bonchev–Trinajstić information content (AvgIpc) is 2.92. The minimum atomic E-state index is -3.08. The predicted octanol–water partition coefficient (Wildman–Crippen LogP) is 1.88. The van der Waals surface area contributed by atoms with E-state index in [4.69, 9.17) is 5.84 Å². The molecule has 3 N–H and O–H groups in total. The van der Waals surface area contributed by atoms with Gasteiger partial charge in [0.2, 0.25) is 10.0 Å². The van der Waals surface area contributed by atoms with Crippen LogP contribution >= 0.6 is 11.3 Å². The molecule has 0 saturated carbocycles. The van der Waals surface area contributed by atoms with E-state index in [0.29, 0.717) is 19.0 Å². The van der Waals surface area contributed by atoms with Crippen molar-refractivity contribution in [2.45, 2.75) is 38.6 Å². The van der Waals surface area contributed by atoms with Crippen molar-refractivity contribution in [2.75, 3.05) is 19.3 Å². The number of sulfonamides is 1. The molecule has 2 heterocycles. The third kappa shape index (κ3) is 4.26. The van der Waals surface area contributed by atoms with E-state index in [0.717, 1.165) is 25.7 Å². The lowest BCUT2D eigenvalue weighted by Gasteiger charge is -2.32. The summed E-state index contributed by atoms with van der Waals surface area (Å²) in [7, 11) is -3.08. The number of rotatable bonds is 6. The Hall–Kier alpha value is -0.470. The summed E-state index contributed by atoms with van der Waals surface area (Å²) in [6, 6.07) is 2.26. The molecule has 0 bridgehead atoms. The fraction of sp³-hybridized carbons (Fsp3) is 0.714. The van der Waals surface area contributed by atoms with Crippen LogP contribution in [0.1, 0.15) is 42.7 Å². The van der Waals surface area contributed by atoms with E-state index >= 15 is 0 Å². The summed E-state index contributed by atoms with van der Waals surface area (Å²) >= 11 is 1.73. The third-order valence-electron chi connectivity index (χ3n) is 4.20. The number of hydrazine groups is 1. The zero-order valence-corrected chi connectivity index (χ0v) is 14.3. The maximum absolute atomic E-state index is 11.7. The molecule has 0 radical (unpaired) electrons. The van der Waals surface area contributed by atoms with Gasteiger partial charge in [-0.15, -0.1) is 11.3 Å². The molecular formula is C14H25N3O2S2. The third-order valence-corrected chi connectivity index (χ3v) is 6.54. The molecule has 2 unspecified atom stereocenters. The number of piperidine rings is 1. The van der Waals surface area contributed by atoms with Crippen molar-refractivity contribution >= 4 is 21.4 Å². The number of thiophene rings is 1. The van der Waals surface area contributed by atoms with Gasteiger partial charge in [0.25, 0.3) is 0 Å². The second-order valence-corrected chi connectivity index (χ2v) is 8.68. The van der Waals surface area contributed by atoms with Gasteiger partial charge in [0, 0.05) is 18.0 Å². The van der Waals surface area contributed by atoms with Crippen molar-refractivity contribution in [2.24, 2.45) is 11.8 Å². The first-order chi connectivity index (χ1) is 9.95. The number of aryl methyl sites for hydroxylation is 1. The van der Waals surface area contributed by atoms with Gasteiger partial charge >= 0.3 is 0 Å². The van der Waals surface area contributed by atoms with E-state index in [1.807, 2.05) is 0 Å². The van der Waals surface area contributed by atoms with Crippen molar-refractivity contribution in [1.29, 1.82) is 0 Å². The second-order valence-electron chi connectivity index (χ2n) is 5.75. The van der Waals surface area contributed by atoms with Crippen LogP contribution in [0, 0.1) is 5.92 Å². The van der Waals surface area contributed by atoms with Gasteiger partial charge in [-0.25, -0.2) is 12.7 Å². The molecule has 1 aliphatic heterocycles. The van der Waals surface area contributed by atoms with Gasteiger partial charge < -0.3 is 0 Å². The molecule has 1 aliphatic rings. The molecule has 2 rings (SSSR count). The highest BCUT2D eigenvalue weighted by Gasteiger charge is 2.28. The zero-order valence-electron chi connectivity index (χ0n) is 12.7. The summed E-state index contributed by atoms with van der Waals surface area (Å²) in [6.45, 7) is 3.41. The van der Waals surface area contributed by atoms with Gasteiger partial charge in [0.05, 0.1) is 12.3 Å². The summed E-state index contributed by atoms with van der Waals surface area (Å²) in [6.07, 6.45) is 5.17. The lowest BCUT2D eigenvalue weighted by Crippen LogP contribution is -2.41. The summed E-state index contributed by atoms with van der Waals surface area (Å²) in [5.41, 5.74) is 4.25. The quantitative estimate of drug-likeness (QED) is 0.616. The molecule has 21 heavy (non-hydrogen) atoms. The average molecular weight is 332 g/mol. The van der Waals surface area contributed by atoms with Crippen LogP contribution in [0.4, 0.5) is 0 Å². The van der Waals surface area contributed by atoms with Crippen molar-refractivity contribution in [3.63, 3.8) is 0 Å². The van der Waals surface area contributed by atoms with Gasteiger partial charge in [-0.05, 0) is 48.6 Å². The number of nitrogens with one attached hydrogen (secondary N) is 1. The minimum Gasteiger partial charge on any atom is -0.271 e. The molecule has 2 atom stereocenters. The Balaban J connectivity index is 2.05. The molecule has 1 aromatic rings. The highest BCUT2D eigenvalue weighted by atomic mass is 32.2. The van der Waals surface area contributed by atoms with Crippen molar-refractivity contribution in [3.8, 4) is 0 Å². The predicted molar refractivity (Wildman–Crippen MR) is 87.5 cm³/mol. The van der Waals surface area contributed by atoms with Crippen molar-refractivity contribution in [3.05, 3.63) is 21.9 Å². The molecule has 0 aliphatic carbocycles. The van der Waals surface area contributed by atoms with Crippen LogP contribution in [0.5, 0.6) is 0 Å². The molecule has 0 spiro atoms. The van der Waals surface area contributed by atoms with E-state index in [1.165, 1.54) is 16.7 Å². The summed E-state index contributed by atoms with van der Waals surface area (Å²) in [5.74, 6) is 6.11. The van der Waals surface area contributed by atoms with E-state index in [1.54, 1.807) is 15.6 Å². The van der Waals surface area contributed by atoms with Crippen molar-refractivity contribution in [1.82, 2.24) is 9.73 Å². The highest BCUT2D eigenvalue weighted by molar-refractivity contribution is 7.88. The second kappa shape index (κ2) is 7.19. The van der Waals surface area contributed by atoms with Gasteiger partial charge in [-0.2, -0.15) is 0 Å². The first-order valence-electron chi connectivity index (χ1n) is 7.43. The molecule has 0 amide bonds. The van der Waals surface area contributed by atoms with E-state index in [-0.39, 0.29) is 6.04 Å². The number of hydrogen-bond donors (Lipinski definition) is 2. The SMILES string of the molecule is CCc1ccsc1C(CC1CCCN(S(C)(=O)=O)C1)NN. The summed E-state index contributed by atoms with van der Waals surface area (Å²) in [5, 5.41) is 2.10. The Labute approximate surface area is 131 Å². The molecular weight excluding hydrogens is 306 g/mol. The largest absolute Gasteiger partial charge is 0.271 e. The van der Waals surface area contributed by atoms with Crippen molar-refractivity contribution < 1.29 is 8.42 Å². The Morgan fingerprint density at radius 2 is 2.33 bits per heavy atom. The molecule has 1 aromatic heterocycles. The van der Waals surface area contributed by atoms with Crippen LogP contribution in [-0.2, 0) is 16.4 Å². The van der Waals surface area contributed by atoms with Crippen LogP contribution in [-0.4, -0.2) is 32.1 Å². The first-order valence-corrected chi connectivity index (χ1v) is 10.2. The number of hydrogen-bond acceptors (Lipinski definition) is 5. The molecule has 1 fully saturated rings. The lowest BCUT2D eigenvalue weighted by atomic mass is 9.91. The van der Waals surface area contributed by atoms with E-state index in [9.17, 15) is 8.42 Å². The van der Waals surface area contributed by atoms with Gasteiger partial charge in [-0.1, -0.05) is 6.92 Å². The lowest BCUT2D eigenvalue weighted by molar-refractivity contribution is 0.239. The molecule has 0 aromatic carbocycles. The topological polar surface area (TPSA) is 75.4 Å². The van der Waals surface area contributed by atoms with E-state index in [2.05, 4.69) is 23.8 Å². The molecule has 7 heteroatoms. The normalized spacial score (nSPS) is 22.3. The number of nitrogens with zero attached hydrogens (tertiary/aromatic N) is 1. The Kier molecular flexibility index (Phi) is 5.79. The van der Waals surface area contributed by atoms with Gasteiger partial charge in [0.15, 0.2) is 0 Å². The van der Waals surface area contributed by atoms with Crippen LogP contribution in [0.15, 0.2) is 11.4 Å². The van der Waals surface area contributed by atoms with Crippen LogP contribution in [0.25, 0.3) is 0 Å². The maximum Gasteiger partial charge on any atom is 0.211 e. The zero-order chi connectivity index (χ0) is 15.5. The Morgan fingerprint density at radius 3 is 2.95 bits per heavy atom. The molecule has 120 valence electrons. The fourth-order valence-corrected chi connectivity index (χ4v) is 5.06. The van der Waals surface area contributed by atoms with Crippen LogP contribution in [0.3, 0.4) is 0 Å². The smallest absolute Gasteiger partial charge is 0.211 e. The monoisotopic (exact) mass is 331 g/mol. The molecule has 5 nitrogen and oxygen atoms in total. The van der Waals surface area contributed by atoms with Gasteiger partial charge in [-0.3, -0.25) is 11.3 Å². The summed E-state index contributed by atoms with van der Waals surface area (Å²) < 4.78 is 25.0. The van der Waals surface area contributed by atoms with Crippen LogP contribution in [0.2, 0.25) is 0 Å². The summed E-state index contributed by atoms with van der Waals surface area (Å²) in [4.78, 5) is 1.29. The first kappa shape index (κ1) is 16.9. The minimum absolute atomic E-state index is 0.115. The number of nitrogens with two attached hydrogens (primary N) is 1. The van der Waals surface area contributed by atoms with Gasteiger partial charge in [0.1, 0.15) is 0 Å². The van der Waals surface area contributed by atoms with E-state index < -0.39 is 10.0 Å². The Bertz CT molecular complexity index is 556. The maximum atomic E-state index is 11.7. The standard InChI is InChI=1S/C14H25N3O2S2/c1-3-12-6-8-20-14(12)13(16-15)9-11-5-4-7-17(10-11)21(2,18)19/h6,8,11,13,16H,3-5,7,9-10,15H2,1-2H3. The van der Waals surface area contributed by atoms with Crippen LogP contribution < -0.4 is 11.3 Å². The Morgan fingerprint density at radius 1 is 1.57 bits per heavy atom.